The van der Waals surface area contributed by atoms with Crippen LogP contribution in [0.2, 0.25) is 0 Å². The normalized spacial score (nSPS) is 11.9. The van der Waals surface area contributed by atoms with E-state index < -0.39 is 23.6 Å². The summed E-state index contributed by atoms with van der Waals surface area (Å²) < 4.78 is 41.5. The number of halogens is 3. The van der Waals surface area contributed by atoms with Gasteiger partial charge in [-0.3, -0.25) is 19.3 Å². The first kappa shape index (κ1) is 24.4. The lowest BCUT2D eigenvalue weighted by Gasteiger charge is -2.30. The molecule has 0 radical (unpaired) electrons. The number of nitrogens with two attached hydrogens (primary N) is 1. The topological polar surface area (TPSA) is 110 Å². The van der Waals surface area contributed by atoms with Crippen LogP contribution in [0.25, 0.3) is 32.0 Å². The third-order valence-electron chi connectivity index (χ3n) is 6.05. The number of rotatable bonds is 3. The Morgan fingerprint density at radius 2 is 1.84 bits per heavy atom. The van der Waals surface area contributed by atoms with Crippen LogP contribution in [0.3, 0.4) is 0 Å². The monoisotopic (exact) mass is 527 g/mol. The smallest absolute Gasteiger partial charge is 0.383 e. The van der Waals surface area contributed by atoms with E-state index in [1.54, 1.807) is 36.1 Å². The number of hydrogen-bond donors (Lipinski definition) is 1. The minimum Gasteiger partial charge on any atom is -0.383 e. The van der Waals surface area contributed by atoms with Crippen molar-refractivity contribution < 1.29 is 22.8 Å². The van der Waals surface area contributed by atoms with E-state index in [2.05, 4.69) is 15.1 Å². The zero-order chi connectivity index (χ0) is 26.6. The van der Waals surface area contributed by atoms with E-state index in [9.17, 15) is 22.8 Å². The highest BCUT2D eigenvalue weighted by Gasteiger charge is 2.31. The van der Waals surface area contributed by atoms with Gasteiger partial charge in [0.1, 0.15) is 10.8 Å². The van der Waals surface area contributed by atoms with Crippen LogP contribution in [0, 0.1) is 0 Å². The molecular weight excluding hydrogens is 507 g/mol. The van der Waals surface area contributed by atoms with Gasteiger partial charge in [-0.1, -0.05) is 0 Å². The number of anilines is 1. The molecule has 190 valence electrons. The number of pyridine rings is 1. The highest BCUT2D eigenvalue weighted by atomic mass is 32.1. The molecule has 2 aromatic carbocycles. The predicted molar refractivity (Wildman–Crippen MR) is 133 cm³/mol. The summed E-state index contributed by atoms with van der Waals surface area (Å²) in [5, 5.41) is 8.27. The van der Waals surface area contributed by atoms with Gasteiger partial charge >= 0.3 is 6.18 Å². The molecule has 0 unspecified atom stereocenters. The first-order chi connectivity index (χ1) is 17.4. The summed E-state index contributed by atoms with van der Waals surface area (Å²) in [6, 6.07) is 8.20. The molecule has 0 atom stereocenters. The predicted octanol–water partition coefficient (Wildman–Crippen LogP) is 4.37. The van der Waals surface area contributed by atoms with Gasteiger partial charge in [0.05, 0.1) is 44.9 Å². The van der Waals surface area contributed by atoms with Crippen LogP contribution < -0.4 is 5.73 Å². The molecule has 0 fully saturated rings. The highest BCUT2D eigenvalue weighted by Crippen LogP contribution is 2.33. The van der Waals surface area contributed by atoms with E-state index in [1.807, 2.05) is 0 Å². The van der Waals surface area contributed by atoms with Crippen molar-refractivity contribution in [2.75, 3.05) is 12.8 Å². The van der Waals surface area contributed by atoms with Gasteiger partial charge in [0.2, 0.25) is 5.91 Å². The van der Waals surface area contributed by atoms with Crippen molar-refractivity contribution in [3.63, 3.8) is 0 Å². The average Bonchev–Trinajstić information content (AvgIpc) is 3.44. The summed E-state index contributed by atoms with van der Waals surface area (Å²) >= 11 is 1.15. The highest BCUT2D eigenvalue weighted by molar-refractivity contribution is 7.18. The molecule has 0 aliphatic heterocycles. The van der Waals surface area contributed by atoms with E-state index in [1.165, 1.54) is 25.0 Å². The molecule has 0 saturated carbocycles. The number of aromatic nitrogens is 4. The lowest BCUT2D eigenvalue weighted by molar-refractivity contribution is -0.140. The van der Waals surface area contributed by atoms with Crippen LogP contribution in [0.15, 0.2) is 42.6 Å². The van der Waals surface area contributed by atoms with Crippen LogP contribution in [0.1, 0.15) is 27.9 Å². The number of thiazole rings is 1. The zero-order valence-corrected chi connectivity index (χ0v) is 20.7. The molecule has 37 heavy (non-hydrogen) atoms. The van der Waals surface area contributed by atoms with Gasteiger partial charge in [-0.15, -0.1) is 11.3 Å². The van der Waals surface area contributed by atoms with Crippen molar-refractivity contribution in [2.45, 2.75) is 19.6 Å². The second-order valence-electron chi connectivity index (χ2n) is 8.45. The molecule has 3 heterocycles. The number of benzene rings is 2. The molecule has 0 aliphatic carbocycles. The number of aryl methyl sites for hydroxylation is 1. The van der Waals surface area contributed by atoms with Crippen molar-refractivity contribution in [3.8, 4) is 0 Å². The summed E-state index contributed by atoms with van der Waals surface area (Å²) in [5.41, 5.74) is 6.96. The van der Waals surface area contributed by atoms with E-state index in [-0.39, 0.29) is 17.6 Å². The van der Waals surface area contributed by atoms with E-state index in [4.69, 9.17) is 5.73 Å². The van der Waals surface area contributed by atoms with Gasteiger partial charge in [0.15, 0.2) is 0 Å². The Kier molecular flexibility index (Phi) is 5.74. The molecular formula is C24H20F3N7O2S. The molecule has 2 N–H and O–H groups in total. The van der Waals surface area contributed by atoms with Crippen LogP contribution in [-0.2, 0) is 24.6 Å². The fourth-order valence-corrected chi connectivity index (χ4v) is 5.00. The quantitative estimate of drug-likeness (QED) is 0.349. The summed E-state index contributed by atoms with van der Waals surface area (Å²) in [6.45, 7) is 1.19. The van der Waals surface area contributed by atoms with Gasteiger partial charge in [-0.25, -0.2) is 15.0 Å². The molecule has 0 aliphatic rings. The Labute approximate surface area is 211 Å². The van der Waals surface area contributed by atoms with Crippen LogP contribution in [0.4, 0.5) is 19.0 Å². The summed E-state index contributed by atoms with van der Waals surface area (Å²) in [7, 11) is 3.20. The fraction of sp³-hybridized carbons (Fsp3) is 0.208. The van der Waals surface area contributed by atoms with Crippen LogP contribution in [-0.4, -0.2) is 48.6 Å². The number of carbonyl (C=O) groups is 2. The SMILES string of the molecule is CC(=O)N(C)N(Cc1nc2cc(C(F)(F)F)ccc2s1)C(=O)c1ccc2nc(N)c3cnn(C)c3c2c1. The van der Waals surface area contributed by atoms with Gasteiger partial charge < -0.3 is 5.73 Å². The van der Waals surface area contributed by atoms with Gasteiger partial charge in [-0.05, 0) is 36.4 Å². The molecule has 0 spiro atoms. The first-order valence-electron chi connectivity index (χ1n) is 11.0. The number of hydrogen-bond acceptors (Lipinski definition) is 7. The summed E-state index contributed by atoms with van der Waals surface area (Å²) in [6.07, 6.45) is -2.90. The zero-order valence-electron chi connectivity index (χ0n) is 19.9. The number of carbonyl (C=O) groups excluding carboxylic acids is 2. The second kappa shape index (κ2) is 8.69. The van der Waals surface area contributed by atoms with E-state index in [0.29, 0.717) is 37.3 Å². The standard InChI is InChI=1S/C24H20F3N7O2S/c1-12(35)33(3)34(11-20-30-18-9-14(24(25,26)27)5-7-19(18)37-20)23(36)13-4-6-17-15(8-13)21-16(22(28)31-17)10-29-32(21)2/h4-10H,11H2,1-3H3,(H2,28,31). The summed E-state index contributed by atoms with van der Waals surface area (Å²) in [5.74, 6) is -0.586. The third kappa shape index (κ3) is 4.31. The molecule has 0 bridgehead atoms. The van der Waals surface area contributed by atoms with Crippen molar-refractivity contribution in [3.05, 3.63) is 58.7 Å². The molecule has 9 nitrogen and oxygen atoms in total. The van der Waals surface area contributed by atoms with Gasteiger partial charge in [0, 0.05) is 32.0 Å². The third-order valence-corrected chi connectivity index (χ3v) is 7.07. The second-order valence-corrected chi connectivity index (χ2v) is 9.57. The summed E-state index contributed by atoms with van der Waals surface area (Å²) in [4.78, 5) is 34.6. The molecule has 5 aromatic rings. The Hall–Kier alpha value is -4.26. The molecule has 3 aromatic heterocycles. The van der Waals surface area contributed by atoms with Crippen LogP contribution in [0.5, 0.6) is 0 Å². The molecule has 13 heteroatoms. The number of amides is 2. The largest absolute Gasteiger partial charge is 0.416 e. The Balaban J connectivity index is 1.55. The Morgan fingerprint density at radius 1 is 1.08 bits per heavy atom. The van der Waals surface area contributed by atoms with E-state index in [0.717, 1.165) is 28.5 Å². The van der Waals surface area contributed by atoms with Crippen molar-refractivity contribution in [2.24, 2.45) is 7.05 Å². The number of alkyl halides is 3. The maximum Gasteiger partial charge on any atom is 0.416 e. The molecule has 0 saturated heterocycles. The maximum absolute atomic E-state index is 13.7. The maximum atomic E-state index is 13.7. The average molecular weight is 528 g/mol. The number of nitrogen functional groups attached to an aromatic ring is 1. The van der Waals surface area contributed by atoms with Crippen molar-refractivity contribution >= 4 is 61.0 Å². The Bertz CT molecular complexity index is 1710. The van der Waals surface area contributed by atoms with Crippen molar-refractivity contribution in [1.29, 1.82) is 0 Å². The first-order valence-corrected chi connectivity index (χ1v) is 11.8. The molecule has 2 amide bonds. The van der Waals surface area contributed by atoms with Crippen molar-refractivity contribution in [1.82, 2.24) is 29.8 Å². The fourth-order valence-electron chi connectivity index (χ4n) is 4.07. The lowest BCUT2D eigenvalue weighted by Crippen LogP contribution is -2.46. The number of hydrazine groups is 1. The minimum atomic E-state index is -4.50. The van der Waals surface area contributed by atoms with Gasteiger partial charge in [0.25, 0.3) is 5.91 Å². The van der Waals surface area contributed by atoms with E-state index >= 15 is 0 Å². The number of nitrogens with zero attached hydrogens (tertiary/aromatic N) is 6. The minimum absolute atomic E-state index is 0.116. The van der Waals surface area contributed by atoms with Gasteiger partial charge in [-0.2, -0.15) is 18.3 Å². The number of fused-ring (bicyclic) bond motifs is 4. The Morgan fingerprint density at radius 3 is 2.54 bits per heavy atom. The lowest BCUT2D eigenvalue weighted by atomic mass is 10.1. The van der Waals surface area contributed by atoms with Crippen LogP contribution >= 0.6 is 11.3 Å². The molecule has 5 rings (SSSR count).